The second kappa shape index (κ2) is 6.83. The third kappa shape index (κ3) is 5.33. The molecule has 2 unspecified atom stereocenters. The van der Waals surface area contributed by atoms with E-state index in [2.05, 4.69) is 50.1 Å². The molecule has 0 N–H and O–H groups in total. The highest BCUT2D eigenvalue weighted by molar-refractivity contribution is 7.90. The third-order valence-corrected chi connectivity index (χ3v) is 6.46. The van der Waals surface area contributed by atoms with Crippen molar-refractivity contribution in [3.05, 3.63) is 0 Å². The van der Waals surface area contributed by atoms with Gasteiger partial charge in [0.2, 0.25) is 0 Å². The van der Waals surface area contributed by atoms with Crippen molar-refractivity contribution in [1.29, 1.82) is 0 Å². The van der Waals surface area contributed by atoms with Crippen molar-refractivity contribution < 1.29 is 13.2 Å². The van der Waals surface area contributed by atoms with Crippen LogP contribution in [0.3, 0.4) is 0 Å². The van der Waals surface area contributed by atoms with Gasteiger partial charge in [-0.05, 0) is 13.8 Å². The molecule has 0 amide bonds. The third-order valence-electron chi connectivity index (χ3n) is 4.91. The van der Waals surface area contributed by atoms with Crippen LogP contribution in [0.4, 0.5) is 0 Å². The highest BCUT2D eigenvalue weighted by Crippen LogP contribution is 2.34. The minimum absolute atomic E-state index is 0.0923. The predicted octanol–water partition coefficient (Wildman–Crippen LogP) is 1.36. The van der Waals surface area contributed by atoms with Gasteiger partial charge in [-0.3, -0.25) is 9.80 Å². The van der Waals surface area contributed by atoms with E-state index < -0.39 is 9.84 Å². The molecule has 0 aromatic rings. The molecule has 0 bridgehead atoms. The fraction of sp³-hybridized carbons (Fsp3) is 1.00. The van der Waals surface area contributed by atoms with Crippen molar-refractivity contribution in [2.45, 2.75) is 39.1 Å². The van der Waals surface area contributed by atoms with Crippen LogP contribution in [0.2, 0.25) is 0 Å². The van der Waals surface area contributed by atoms with Gasteiger partial charge in [-0.25, -0.2) is 8.42 Å². The molecule has 2 aliphatic rings. The molecule has 7 heteroatoms. The molecule has 23 heavy (non-hydrogen) atoms. The Kier molecular flexibility index (Phi) is 5.79. The zero-order chi connectivity index (χ0) is 17.5. The molecule has 2 heterocycles. The van der Waals surface area contributed by atoms with E-state index in [1.54, 1.807) is 0 Å². The molecule has 2 atom stereocenters. The molecule has 0 aromatic carbocycles. The van der Waals surface area contributed by atoms with Crippen LogP contribution < -0.4 is 0 Å². The van der Waals surface area contributed by atoms with Gasteiger partial charge >= 0.3 is 0 Å². The Bertz CT molecular complexity index is 509. The smallest absolute Gasteiger partial charge is 0.148 e. The van der Waals surface area contributed by atoms with Crippen molar-refractivity contribution in [1.82, 2.24) is 9.80 Å². The van der Waals surface area contributed by atoms with E-state index in [4.69, 9.17) is 4.74 Å². The van der Waals surface area contributed by atoms with Gasteiger partial charge in [0.15, 0.2) is 0 Å². The van der Waals surface area contributed by atoms with Crippen molar-refractivity contribution in [2.75, 3.05) is 51.4 Å². The quantitative estimate of drug-likeness (QED) is 0.659. The Balaban J connectivity index is 1.65. The number of thiol groups is 1. The molecule has 2 fully saturated rings. The Hall–Kier alpha value is 0.180. The van der Waals surface area contributed by atoms with E-state index in [9.17, 15) is 8.42 Å². The fourth-order valence-corrected chi connectivity index (χ4v) is 5.45. The zero-order valence-corrected chi connectivity index (χ0v) is 16.8. The summed E-state index contributed by atoms with van der Waals surface area (Å²) in [6.45, 7) is 13.8. The van der Waals surface area contributed by atoms with E-state index in [-0.39, 0.29) is 16.6 Å². The average molecular weight is 365 g/mol. The van der Waals surface area contributed by atoms with Crippen molar-refractivity contribution >= 4 is 22.5 Å². The summed E-state index contributed by atoms with van der Waals surface area (Å²) in [5, 5.41) is 0.315. The van der Waals surface area contributed by atoms with E-state index >= 15 is 0 Å². The van der Waals surface area contributed by atoms with Crippen LogP contribution in [-0.4, -0.2) is 81.0 Å². The molecule has 0 saturated carbocycles. The van der Waals surface area contributed by atoms with E-state index in [0.29, 0.717) is 18.0 Å². The monoisotopic (exact) mass is 364 g/mol. The standard InChI is InChI=1S/C16H32N2O3S2/c1-13(17-9-16(4,10-17)12-23(5,19)20)6-21-11-15(3)7-18(8-15)14(2)22/h13-14,22H,6-12H2,1-5H3. The van der Waals surface area contributed by atoms with Crippen molar-refractivity contribution in [3.8, 4) is 0 Å². The molecule has 2 rings (SSSR count). The summed E-state index contributed by atoms with van der Waals surface area (Å²) in [5.74, 6) is 0.278. The molecule has 0 aromatic heterocycles. The van der Waals surface area contributed by atoms with E-state index in [1.807, 2.05) is 0 Å². The Morgan fingerprint density at radius 1 is 1.09 bits per heavy atom. The minimum atomic E-state index is -2.91. The predicted molar refractivity (Wildman–Crippen MR) is 97.8 cm³/mol. The summed E-state index contributed by atoms with van der Waals surface area (Å²) < 4.78 is 28.9. The first-order chi connectivity index (χ1) is 10.4. The second-order valence-electron chi connectivity index (χ2n) is 8.50. The maximum Gasteiger partial charge on any atom is 0.148 e. The number of ether oxygens (including phenoxy) is 1. The maximum atomic E-state index is 11.5. The lowest BCUT2D eigenvalue weighted by atomic mass is 9.82. The summed E-state index contributed by atoms with van der Waals surface area (Å²) in [6.07, 6.45) is 1.32. The van der Waals surface area contributed by atoms with Gasteiger partial charge in [0.05, 0.1) is 19.0 Å². The summed E-state index contributed by atoms with van der Waals surface area (Å²) >= 11 is 4.45. The summed E-state index contributed by atoms with van der Waals surface area (Å²) in [7, 11) is -2.91. The lowest BCUT2D eigenvalue weighted by Gasteiger charge is -2.51. The van der Waals surface area contributed by atoms with Gasteiger partial charge in [-0.2, -0.15) is 12.6 Å². The second-order valence-corrected chi connectivity index (χ2v) is 11.4. The van der Waals surface area contributed by atoms with Gasteiger partial charge in [0, 0.05) is 54.7 Å². The molecular formula is C16H32N2O3S2. The van der Waals surface area contributed by atoms with E-state index in [1.165, 1.54) is 6.26 Å². The van der Waals surface area contributed by atoms with Crippen LogP contribution in [0.1, 0.15) is 27.7 Å². The van der Waals surface area contributed by atoms with Gasteiger partial charge in [-0.1, -0.05) is 13.8 Å². The summed E-state index contributed by atoms with van der Waals surface area (Å²) in [6, 6.07) is 0.339. The molecular weight excluding hydrogens is 332 g/mol. The Labute approximate surface area is 147 Å². The van der Waals surface area contributed by atoms with Crippen LogP contribution in [0, 0.1) is 10.8 Å². The molecule has 2 aliphatic heterocycles. The lowest BCUT2D eigenvalue weighted by Crippen LogP contribution is -2.61. The van der Waals surface area contributed by atoms with Gasteiger partial charge in [0.25, 0.3) is 0 Å². The summed E-state index contributed by atoms with van der Waals surface area (Å²) in [5.41, 5.74) is 0.154. The number of rotatable bonds is 8. The molecule has 5 nitrogen and oxygen atoms in total. The topological polar surface area (TPSA) is 49.9 Å². The molecule has 136 valence electrons. The van der Waals surface area contributed by atoms with Crippen LogP contribution in [0.25, 0.3) is 0 Å². The van der Waals surface area contributed by atoms with Gasteiger partial charge in [-0.15, -0.1) is 0 Å². The van der Waals surface area contributed by atoms with Gasteiger partial charge in [0.1, 0.15) is 9.84 Å². The van der Waals surface area contributed by atoms with Crippen LogP contribution in [0.5, 0.6) is 0 Å². The number of hydrogen-bond donors (Lipinski definition) is 1. The molecule has 0 aliphatic carbocycles. The highest BCUT2D eigenvalue weighted by atomic mass is 32.2. The van der Waals surface area contributed by atoms with Crippen LogP contribution in [0.15, 0.2) is 0 Å². The molecule has 0 radical (unpaired) electrons. The SMILES string of the molecule is CC(S)N1CC(C)(COCC(C)N2CC(C)(CS(C)(=O)=O)C2)C1. The average Bonchev–Trinajstić information content (AvgIpc) is 2.30. The van der Waals surface area contributed by atoms with Crippen LogP contribution in [-0.2, 0) is 14.6 Å². The number of likely N-dealkylation sites (tertiary alicyclic amines) is 2. The zero-order valence-electron chi connectivity index (χ0n) is 15.1. The van der Waals surface area contributed by atoms with Crippen molar-refractivity contribution in [2.24, 2.45) is 10.8 Å². The van der Waals surface area contributed by atoms with Crippen molar-refractivity contribution in [3.63, 3.8) is 0 Å². The Morgan fingerprint density at radius 3 is 2.09 bits per heavy atom. The van der Waals surface area contributed by atoms with Gasteiger partial charge < -0.3 is 4.74 Å². The number of sulfone groups is 1. The molecule has 0 spiro atoms. The normalized spacial score (nSPS) is 27.0. The first kappa shape index (κ1) is 19.5. The number of nitrogens with zero attached hydrogens (tertiary/aromatic N) is 2. The van der Waals surface area contributed by atoms with Crippen LogP contribution >= 0.6 is 12.6 Å². The highest BCUT2D eigenvalue weighted by Gasteiger charge is 2.43. The minimum Gasteiger partial charge on any atom is -0.379 e. The number of hydrogen-bond acceptors (Lipinski definition) is 6. The van der Waals surface area contributed by atoms with E-state index in [0.717, 1.165) is 32.8 Å². The summed E-state index contributed by atoms with van der Waals surface area (Å²) in [4.78, 5) is 4.65. The largest absolute Gasteiger partial charge is 0.379 e. The fourth-order valence-electron chi connectivity index (χ4n) is 3.84. The first-order valence-corrected chi connectivity index (χ1v) is 10.9. The first-order valence-electron chi connectivity index (χ1n) is 8.33. The Morgan fingerprint density at radius 2 is 1.61 bits per heavy atom. The molecule has 2 saturated heterocycles. The lowest BCUT2D eigenvalue weighted by molar-refractivity contribution is -0.0805. The maximum absolute atomic E-state index is 11.5.